The summed E-state index contributed by atoms with van der Waals surface area (Å²) in [5, 5.41) is 0. The van der Waals surface area contributed by atoms with Gasteiger partial charge < -0.3 is 9.47 Å². The fraction of sp³-hybridized carbons (Fsp3) is 0.333. The molecule has 0 unspecified atom stereocenters. The number of hydrogen-bond donors (Lipinski definition) is 0. The van der Waals surface area contributed by atoms with Gasteiger partial charge in [0.1, 0.15) is 5.82 Å². The van der Waals surface area contributed by atoms with E-state index in [0.29, 0.717) is 6.54 Å². The molecule has 0 saturated carbocycles. The molecule has 1 aromatic carbocycles. The van der Waals surface area contributed by atoms with Crippen molar-refractivity contribution in [2.24, 2.45) is 7.05 Å². The predicted molar refractivity (Wildman–Crippen MR) is 74.9 cm³/mol. The first-order valence-electron chi connectivity index (χ1n) is 6.27. The van der Waals surface area contributed by atoms with Crippen LogP contribution in [0.2, 0.25) is 0 Å². The number of imidazole rings is 1. The molecule has 0 aliphatic rings. The number of rotatable bonds is 3. The molecule has 0 aliphatic carbocycles. The van der Waals surface area contributed by atoms with Crippen LogP contribution >= 0.6 is 0 Å². The minimum atomic E-state index is 0.0230. The maximum atomic E-state index is 12.4. The molecule has 0 N–H and O–H groups in total. The Morgan fingerprint density at radius 3 is 2.42 bits per heavy atom. The Morgan fingerprint density at radius 2 is 1.89 bits per heavy atom. The highest BCUT2D eigenvalue weighted by Crippen LogP contribution is 2.12. The maximum Gasteiger partial charge on any atom is 0.254 e. The van der Waals surface area contributed by atoms with Crippen LogP contribution in [0.1, 0.15) is 27.3 Å². The monoisotopic (exact) mass is 257 g/mol. The van der Waals surface area contributed by atoms with Crippen LogP contribution in [0.15, 0.2) is 30.6 Å². The van der Waals surface area contributed by atoms with E-state index in [2.05, 4.69) is 11.1 Å². The SMILES string of the molecule is Cc1cc(C)cc(C(=O)N(C)Cc2nccn2C)c1. The van der Waals surface area contributed by atoms with E-state index in [-0.39, 0.29) is 5.91 Å². The number of hydrogen-bond acceptors (Lipinski definition) is 2. The van der Waals surface area contributed by atoms with E-state index in [1.54, 1.807) is 18.1 Å². The van der Waals surface area contributed by atoms with Crippen LogP contribution in [0.4, 0.5) is 0 Å². The van der Waals surface area contributed by atoms with Crippen LogP contribution in [-0.2, 0) is 13.6 Å². The standard InChI is InChI=1S/C15H19N3O/c1-11-7-12(2)9-13(8-11)15(19)18(4)10-14-16-5-6-17(14)3/h5-9H,10H2,1-4H3. The molecule has 0 spiro atoms. The first kappa shape index (κ1) is 13.3. The predicted octanol–water partition coefficient (Wildman–Crippen LogP) is 2.31. The highest BCUT2D eigenvalue weighted by atomic mass is 16.2. The van der Waals surface area contributed by atoms with E-state index >= 15 is 0 Å². The molecule has 1 aromatic heterocycles. The summed E-state index contributed by atoms with van der Waals surface area (Å²) in [4.78, 5) is 18.3. The molecule has 0 atom stereocenters. The second kappa shape index (κ2) is 5.26. The van der Waals surface area contributed by atoms with E-state index in [0.717, 1.165) is 22.5 Å². The lowest BCUT2D eigenvalue weighted by Gasteiger charge is -2.17. The van der Waals surface area contributed by atoms with Crippen molar-refractivity contribution in [3.63, 3.8) is 0 Å². The number of nitrogens with zero attached hydrogens (tertiary/aromatic N) is 3. The van der Waals surface area contributed by atoms with Gasteiger partial charge in [-0.25, -0.2) is 4.98 Å². The first-order chi connectivity index (χ1) is 8.97. The second-order valence-corrected chi connectivity index (χ2v) is 4.99. The minimum Gasteiger partial charge on any atom is -0.337 e. The zero-order valence-electron chi connectivity index (χ0n) is 11.8. The Kier molecular flexibility index (Phi) is 3.69. The van der Waals surface area contributed by atoms with Crippen molar-refractivity contribution in [2.45, 2.75) is 20.4 Å². The number of aryl methyl sites for hydroxylation is 3. The summed E-state index contributed by atoms with van der Waals surface area (Å²) in [5.41, 5.74) is 2.94. The summed E-state index contributed by atoms with van der Waals surface area (Å²) in [6.45, 7) is 4.51. The molecule has 2 rings (SSSR count). The molecular formula is C15H19N3O. The second-order valence-electron chi connectivity index (χ2n) is 4.99. The van der Waals surface area contributed by atoms with Crippen molar-refractivity contribution in [1.29, 1.82) is 0 Å². The zero-order chi connectivity index (χ0) is 14.0. The van der Waals surface area contributed by atoms with Crippen LogP contribution in [0.25, 0.3) is 0 Å². The lowest BCUT2D eigenvalue weighted by atomic mass is 10.1. The summed E-state index contributed by atoms with van der Waals surface area (Å²) >= 11 is 0. The van der Waals surface area contributed by atoms with Crippen molar-refractivity contribution in [3.05, 3.63) is 53.1 Å². The van der Waals surface area contributed by atoms with Crippen molar-refractivity contribution >= 4 is 5.91 Å². The van der Waals surface area contributed by atoms with Crippen LogP contribution in [0.3, 0.4) is 0 Å². The van der Waals surface area contributed by atoms with Gasteiger partial charge >= 0.3 is 0 Å². The van der Waals surface area contributed by atoms with E-state index in [1.807, 2.05) is 43.8 Å². The molecular weight excluding hydrogens is 238 g/mol. The van der Waals surface area contributed by atoms with Crippen LogP contribution in [0.5, 0.6) is 0 Å². The third-order valence-corrected chi connectivity index (χ3v) is 3.11. The molecule has 2 aromatic rings. The molecule has 0 saturated heterocycles. The number of carbonyl (C=O) groups excluding carboxylic acids is 1. The Labute approximate surface area is 113 Å². The fourth-order valence-electron chi connectivity index (χ4n) is 2.15. The first-order valence-corrected chi connectivity index (χ1v) is 6.27. The molecule has 1 heterocycles. The fourth-order valence-corrected chi connectivity index (χ4v) is 2.15. The van der Waals surface area contributed by atoms with Crippen molar-refractivity contribution in [2.75, 3.05) is 7.05 Å². The molecule has 1 amide bonds. The highest BCUT2D eigenvalue weighted by Gasteiger charge is 2.14. The van der Waals surface area contributed by atoms with Gasteiger partial charge in [-0.15, -0.1) is 0 Å². The minimum absolute atomic E-state index is 0.0230. The van der Waals surface area contributed by atoms with E-state index in [9.17, 15) is 4.79 Å². The van der Waals surface area contributed by atoms with Gasteiger partial charge in [0, 0.05) is 32.1 Å². The number of aromatic nitrogens is 2. The average molecular weight is 257 g/mol. The quantitative estimate of drug-likeness (QED) is 0.846. The summed E-state index contributed by atoms with van der Waals surface area (Å²) in [6.07, 6.45) is 3.62. The maximum absolute atomic E-state index is 12.4. The summed E-state index contributed by atoms with van der Waals surface area (Å²) < 4.78 is 1.92. The zero-order valence-corrected chi connectivity index (χ0v) is 11.8. The molecule has 100 valence electrons. The van der Waals surface area contributed by atoms with Gasteiger partial charge in [-0.05, 0) is 26.0 Å². The number of amides is 1. The van der Waals surface area contributed by atoms with Gasteiger partial charge in [0.05, 0.1) is 6.54 Å². The van der Waals surface area contributed by atoms with Gasteiger partial charge in [0.25, 0.3) is 5.91 Å². The van der Waals surface area contributed by atoms with Crippen molar-refractivity contribution in [1.82, 2.24) is 14.5 Å². The average Bonchev–Trinajstić information content (AvgIpc) is 2.72. The van der Waals surface area contributed by atoms with Gasteiger partial charge in [-0.2, -0.15) is 0 Å². The normalized spacial score (nSPS) is 10.5. The van der Waals surface area contributed by atoms with Gasteiger partial charge in [0.2, 0.25) is 0 Å². The molecule has 0 radical (unpaired) electrons. The Morgan fingerprint density at radius 1 is 1.26 bits per heavy atom. The Balaban J connectivity index is 2.17. The van der Waals surface area contributed by atoms with Gasteiger partial charge in [0.15, 0.2) is 0 Å². The van der Waals surface area contributed by atoms with Crippen molar-refractivity contribution < 1.29 is 4.79 Å². The van der Waals surface area contributed by atoms with Crippen LogP contribution in [-0.4, -0.2) is 27.4 Å². The van der Waals surface area contributed by atoms with E-state index in [4.69, 9.17) is 0 Å². The number of carbonyl (C=O) groups is 1. The molecule has 0 fully saturated rings. The van der Waals surface area contributed by atoms with Gasteiger partial charge in [-0.3, -0.25) is 4.79 Å². The topological polar surface area (TPSA) is 38.1 Å². The molecule has 4 heteroatoms. The van der Waals surface area contributed by atoms with Gasteiger partial charge in [-0.1, -0.05) is 17.2 Å². The summed E-state index contributed by atoms with van der Waals surface area (Å²) in [7, 11) is 3.73. The summed E-state index contributed by atoms with van der Waals surface area (Å²) in [6, 6.07) is 5.91. The van der Waals surface area contributed by atoms with E-state index < -0.39 is 0 Å². The largest absolute Gasteiger partial charge is 0.337 e. The lowest BCUT2D eigenvalue weighted by molar-refractivity contribution is 0.0780. The van der Waals surface area contributed by atoms with E-state index in [1.165, 1.54) is 0 Å². The Hall–Kier alpha value is -2.10. The third-order valence-electron chi connectivity index (χ3n) is 3.11. The number of benzene rings is 1. The molecule has 0 bridgehead atoms. The lowest BCUT2D eigenvalue weighted by Crippen LogP contribution is -2.27. The van der Waals surface area contributed by atoms with Crippen molar-refractivity contribution in [3.8, 4) is 0 Å². The smallest absolute Gasteiger partial charge is 0.254 e. The molecule has 19 heavy (non-hydrogen) atoms. The van der Waals surface area contributed by atoms with Crippen LogP contribution < -0.4 is 0 Å². The van der Waals surface area contributed by atoms with Crippen LogP contribution in [0, 0.1) is 13.8 Å². The highest BCUT2D eigenvalue weighted by molar-refractivity contribution is 5.94. The molecule has 4 nitrogen and oxygen atoms in total. The Bertz CT molecular complexity index is 581. The summed E-state index contributed by atoms with van der Waals surface area (Å²) in [5.74, 6) is 0.898. The third kappa shape index (κ3) is 3.02. The molecule has 0 aliphatic heterocycles.